The molecule has 2 aromatic carbocycles. The fourth-order valence-electron chi connectivity index (χ4n) is 2.20. The van der Waals surface area contributed by atoms with Crippen molar-refractivity contribution in [2.75, 3.05) is 10.2 Å². The lowest BCUT2D eigenvalue weighted by molar-refractivity contribution is -0.384. The smallest absolute Gasteiger partial charge is 0.327 e. The Labute approximate surface area is 151 Å². The standard InChI is InChI=1S/C16H15N3O8/c1-8(15(23)24)18(11-6-13(21)14(22)7-12(11)20)16(25)17-9-2-4-10(5-3-9)19(26)27/h2-8,20-22H,1H3,(H,17,25)(H,23,24)/t8-/m0/s1. The van der Waals surface area contributed by atoms with Gasteiger partial charge in [0.15, 0.2) is 11.5 Å². The van der Waals surface area contributed by atoms with Crippen molar-refractivity contribution in [2.24, 2.45) is 0 Å². The average molecular weight is 377 g/mol. The summed E-state index contributed by atoms with van der Waals surface area (Å²) < 4.78 is 0. The molecular weight excluding hydrogens is 362 g/mol. The molecule has 2 rings (SSSR count). The van der Waals surface area contributed by atoms with Crippen LogP contribution in [0.25, 0.3) is 0 Å². The van der Waals surface area contributed by atoms with Gasteiger partial charge in [-0.1, -0.05) is 0 Å². The van der Waals surface area contributed by atoms with Crippen molar-refractivity contribution < 1.29 is 34.9 Å². The lowest BCUT2D eigenvalue weighted by Gasteiger charge is -2.27. The minimum Gasteiger partial charge on any atom is -0.506 e. The highest BCUT2D eigenvalue weighted by Gasteiger charge is 2.30. The number of aromatic hydroxyl groups is 3. The molecule has 0 bridgehead atoms. The maximum Gasteiger partial charge on any atom is 0.327 e. The van der Waals surface area contributed by atoms with Crippen molar-refractivity contribution in [1.82, 2.24) is 0 Å². The molecule has 0 unspecified atom stereocenters. The normalized spacial score (nSPS) is 11.4. The van der Waals surface area contributed by atoms with Gasteiger partial charge in [0.1, 0.15) is 11.8 Å². The first-order chi connectivity index (χ1) is 12.6. The molecule has 0 spiro atoms. The fourth-order valence-corrected chi connectivity index (χ4v) is 2.20. The van der Waals surface area contributed by atoms with Crippen molar-refractivity contribution >= 4 is 29.1 Å². The molecule has 11 nitrogen and oxygen atoms in total. The van der Waals surface area contributed by atoms with Gasteiger partial charge in [0.2, 0.25) is 0 Å². The van der Waals surface area contributed by atoms with Gasteiger partial charge in [-0.25, -0.2) is 9.59 Å². The number of rotatable bonds is 5. The summed E-state index contributed by atoms with van der Waals surface area (Å²) in [6.07, 6.45) is 0. The van der Waals surface area contributed by atoms with E-state index < -0.39 is 40.2 Å². The van der Waals surface area contributed by atoms with Gasteiger partial charge in [-0.05, 0) is 19.1 Å². The average Bonchev–Trinajstić information content (AvgIpc) is 2.59. The van der Waals surface area contributed by atoms with E-state index in [1.54, 1.807) is 0 Å². The van der Waals surface area contributed by atoms with Gasteiger partial charge in [0.25, 0.3) is 5.69 Å². The van der Waals surface area contributed by atoms with Crippen LogP contribution >= 0.6 is 0 Å². The Balaban J connectivity index is 2.39. The number of nitrogens with one attached hydrogen (secondary N) is 1. The first-order valence-corrected chi connectivity index (χ1v) is 7.44. The number of carbonyl (C=O) groups excluding carboxylic acids is 1. The second-order valence-corrected chi connectivity index (χ2v) is 5.45. The van der Waals surface area contributed by atoms with Crippen LogP contribution in [0.3, 0.4) is 0 Å². The van der Waals surface area contributed by atoms with Crippen molar-refractivity contribution in [3.05, 3.63) is 46.5 Å². The number of anilines is 2. The molecule has 0 radical (unpaired) electrons. The van der Waals surface area contributed by atoms with Crippen molar-refractivity contribution in [3.63, 3.8) is 0 Å². The molecule has 0 saturated heterocycles. The number of hydrogen-bond acceptors (Lipinski definition) is 7. The molecule has 2 aromatic rings. The minimum absolute atomic E-state index is 0.135. The fraction of sp³-hybridized carbons (Fsp3) is 0.125. The van der Waals surface area contributed by atoms with Crippen molar-refractivity contribution in [3.8, 4) is 17.2 Å². The quantitative estimate of drug-likeness (QED) is 0.228. The predicted octanol–water partition coefficient (Wildman–Crippen LogP) is 2.22. The molecule has 2 amide bonds. The van der Waals surface area contributed by atoms with E-state index in [2.05, 4.69) is 5.32 Å². The van der Waals surface area contributed by atoms with Crippen molar-refractivity contribution in [2.45, 2.75) is 13.0 Å². The lowest BCUT2D eigenvalue weighted by Crippen LogP contribution is -2.45. The number of carboxylic acid groups (broad SMARTS) is 1. The minimum atomic E-state index is -1.46. The number of non-ortho nitro benzene ring substituents is 1. The molecule has 0 aliphatic heterocycles. The molecule has 0 fully saturated rings. The Morgan fingerprint density at radius 2 is 1.63 bits per heavy atom. The number of carbonyl (C=O) groups is 2. The van der Waals surface area contributed by atoms with Crippen LogP contribution in [0.1, 0.15) is 6.92 Å². The highest BCUT2D eigenvalue weighted by molar-refractivity contribution is 6.06. The molecule has 0 heterocycles. The molecule has 11 heteroatoms. The van der Waals surface area contributed by atoms with E-state index in [1.807, 2.05) is 0 Å². The summed E-state index contributed by atoms with van der Waals surface area (Å²) in [7, 11) is 0. The first-order valence-electron chi connectivity index (χ1n) is 7.44. The molecule has 1 atom stereocenters. The van der Waals surface area contributed by atoms with E-state index in [0.717, 1.165) is 24.3 Å². The van der Waals surface area contributed by atoms with Gasteiger partial charge in [-0.3, -0.25) is 15.0 Å². The zero-order chi connectivity index (χ0) is 20.3. The molecule has 0 aliphatic rings. The lowest BCUT2D eigenvalue weighted by atomic mass is 10.2. The van der Waals surface area contributed by atoms with Crippen molar-refractivity contribution in [1.29, 1.82) is 0 Å². The molecular formula is C16H15N3O8. The van der Waals surface area contributed by atoms with Gasteiger partial charge in [0.05, 0.1) is 10.6 Å². The third-order valence-electron chi connectivity index (χ3n) is 3.62. The van der Waals surface area contributed by atoms with E-state index in [9.17, 15) is 40.1 Å². The Morgan fingerprint density at radius 1 is 1.07 bits per heavy atom. The van der Waals surface area contributed by atoms with Crippen LogP contribution in [0.15, 0.2) is 36.4 Å². The van der Waals surface area contributed by atoms with Gasteiger partial charge in [-0.2, -0.15) is 0 Å². The molecule has 0 aromatic heterocycles. The third-order valence-corrected chi connectivity index (χ3v) is 3.62. The van der Waals surface area contributed by atoms with E-state index in [1.165, 1.54) is 19.1 Å². The van der Waals surface area contributed by atoms with E-state index in [-0.39, 0.29) is 17.1 Å². The number of nitro groups is 1. The molecule has 27 heavy (non-hydrogen) atoms. The van der Waals surface area contributed by atoms with Crippen LogP contribution in [0.2, 0.25) is 0 Å². The number of nitrogens with zero attached hydrogens (tertiary/aromatic N) is 2. The van der Waals surface area contributed by atoms with Crippen LogP contribution in [0.4, 0.5) is 21.9 Å². The molecule has 0 aliphatic carbocycles. The number of phenols is 3. The Morgan fingerprint density at radius 3 is 2.15 bits per heavy atom. The molecule has 5 N–H and O–H groups in total. The summed E-state index contributed by atoms with van der Waals surface area (Å²) in [5, 5.41) is 51.2. The van der Waals surface area contributed by atoms with Gasteiger partial charge >= 0.3 is 12.0 Å². The summed E-state index contributed by atoms with van der Waals surface area (Å²) in [4.78, 5) is 34.6. The number of aliphatic carboxylic acids is 1. The number of urea groups is 1. The highest BCUT2D eigenvalue weighted by atomic mass is 16.6. The van der Waals surface area contributed by atoms with E-state index in [0.29, 0.717) is 4.90 Å². The zero-order valence-corrected chi connectivity index (χ0v) is 13.9. The van der Waals surface area contributed by atoms with Crippen LogP contribution in [-0.2, 0) is 4.79 Å². The number of amides is 2. The Kier molecular flexibility index (Phi) is 5.34. The largest absolute Gasteiger partial charge is 0.506 e. The second-order valence-electron chi connectivity index (χ2n) is 5.45. The summed E-state index contributed by atoms with van der Waals surface area (Å²) in [5.74, 6) is -3.37. The topological polar surface area (TPSA) is 173 Å². The van der Waals surface area contributed by atoms with Gasteiger partial charge < -0.3 is 25.7 Å². The number of benzene rings is 2. The number of nitro benzene ring substituents is 1. The maximum atomic E-state index is 12.6. The monoisotopic (exact) mass is 377 g/mol. The summed E-state index contributed by atoms with van der Waals surface area (Å²) in [6, 6.07) is 3.92. The number of hydrogen-bond donors (Lipinski definition) is 5. The second kappa shape index (κ2) is 7.47. The van der Waals surface area contributed by atoms with E-state index in [4.69, 9.17) is 0 Å². The first kappa shape index (κ1) is 19.3. The van der Waals surface area contributed by atoms with Gasteiger partial charge in [0, 0.05) is 30.0 Å². The molecule has 142 valence electrons. The summed E-state index contributed by atoms with van der Waals surface area (Å²) >= 11 is 0. The Hall–Kier alpha value is -4.02. The van der Waals surface area contributed by atoms with Crippen LogP contribution < -0.4 is 10.2 Å². The predicted molar refractivity (Wildman–Crippen MR) is 93.1 cm³/mol. The van der Waals surface area contributed by atoms with Crippen LogP contribution in [0, 0.1) is 10.1 Å². The van der Waals surface area contributed by atoms with E-state index >= 15 is 0 Å². The van der Waals surface area contributed by atoms with Gasteiger partial charge in [-0.15, -0.1) is 0 Å². The SMILES string of the molecule is C[C@@H](C(=O)O)N(C(=O)Nc1ccc([N+](=O)[O-])cc1)c1cc(O)c(O)cc1O. The Bertz CT molecular complexity index is 897. The zero-order valence-electron chi connectivity index (χ0n) is 13.9. The molecule has 0 saturated carbocycles. The third kappa shape index (κ3) is 4.15. The van der Waals surface area contributed by atoms with Crippen LogP contribution in [-0.4, -0.2) is 43.4 Å². The summed E-state index contributed by atoms with van der Waals surface area (Å²) in [6.45, 7) is 1.17. The number of phenolic OH excluding ortho intramolecular Hbond substituents is 3. The highest BCUT2D eigenvalue weighted by Crippen LogP contribution is 2.39. The summed E-state index contributed by atoms with van der Waals surface area (Å²) in [5.41, 5.74) is -0.430. The van der Waals surface area contributed by atoms with Crippen LogP contribution in [0.5, 0.6) is 17.2 Å². The maximum absolute atomic E-state index is 12.6. The number of carboxylic acids is 1.